The maximum Gasteiger partial charge on any atom is 0.240 e. The fraction of sp³-hybridized carbons (Fsp3) is 0.500. The van der Waals surface area contributed by atoms with Crippen molar-refractivity contribution in [3.8, 4) is 0 Å². The first-order valence-electron chi connectivity index (χ1n) is 7.31. The van der Waals surface area contributed by atoms with Crippen molar-refractivity contribution in [2.75, 3.05) is 0 Å². The Morgan fingerprint density at radius 2 is 1.90 bits per heavy atom. The largest absolute Gasteiger partial charge is 0.368 e. The van der Waals surface area contributed by atoms with Crippen LogP contribution in [0.15, 0.2) is 24.3 Å². The van der Waals surface area contributed by atoms with Crippen molar-refractivity contribution in [1.29, 1.82) is 0 Å². The normalized spacial score (nSPS) is 19.2. The Balaban J connectivity index is 2.20. The van der Waals surface area contributed by atoms with Gasteiger partial charge in [-0.2, -0.15) is 0 Å². The summed E-state index contributed by atoms with van der Waals surface area (Å²) in [6, 6.07) is 7.05. The van der Waals surface area contributed by atoms with E-state index in [2.05, 4.69) is 0 Å². The second-order valence-corrected chi connectivity index (χ2v) is 6.02. The maximum atomic E-state index is 12.5. The van der Waals surface area contributed by atoms with Gasteiger partial charge < -0.3 is 16.4 Å². The van der Waals surface area contributed by atoms with Crippen LogP contribution in [-0.4, -0.2) is 28.8 Å². The van der Waals surface area contributed by atoms with E-state index in [4.69, 9.17) is 11.5 Å². The summed E-state index contributed by atoms with van der Waals surface area (Å²) in [4.78, 5) is 25.7. The lowest BCUT2D eigenvalue weighted by atomic mass is 9.92. The van der Waals surface area contributed by atoms with E-state index in [0.717, 1.165) is 11.1 Å². The van der Waals surface area contributed by atoms with E-state index in [-0.39, 0.29) is 24.3 Å². The van der Waals surface area contributed by atoms with Crippen molar-refractivity contribution >= 4 is 11.8 Å². The smallest absolute Gasteiger partial charge is 0.240 e. The lowest BCUT2D eigenvalue weighted by Gasteiger charge is -2.36. The van der Waals surface area contributed by atoms with Gasteiger partial charge in [0.25, 0.3) is 0 Å². The van der Waals surface area contributed by atoms with Gasteiger partial charge in [0.1, 0.15) is 6.04 Å². The summed E-state index contributed by atoms with van der Waals surface area (Å²) < 4.78 is 0. The van der Waals surface area contributed by atoms with E-state index in [1.165, 1.54) is 0 Å². The fourth-order valence-electron chi connectivity index (χ4n) is 2.59. The standard InChI is InChI=1S/C16H23N3O2/c1-10(2)13(17)8-15(20)19-9-12-6-4-3-5-11(12)7-14(19)16(18)21/h3-6,10,13-14H,7-9,17H2,1-2H3,(H2,18,21)/t13?,14-/m0/s1. The quantitative estimate of drug-likeness (QED) is 0.859. The molecule has 0 spiro atoms. The van der Waals surface area contributed by atoms with Gasteiger partial charge in [-0.15, -0.1) is 0 Å². The number of fused-ring (bicyclic) bond motifs is 1. The maximum absolute atomic E-state index is 12.5. The van der Waals surface area contributed by atoms with E-state index in [1.807, 2.05) is 38.1 Å². The molecule has 0 radical (unpaired) electrons. The van der Waals surface area contributed by atoms with Crippen molar-refractivity contribution in [1.82, 2.24) is 4.90 Å². The molecule has 0 saturated carbocycles. The fourth-order valence-corrected chi connectivity index (χ4v) is 2.59. The van der Waals surface area contributed by atoms with Gasteiger partial charge >= 0.3 is 0 Å². The number of nitrogens with two attached hydrogens (primary N) is 2. The van der Waals surface area contributed by atoms with Crippen LogP contribution in [0, 0.1) is 5.92 Å². The summed E-state index contributed by atoms with van der Waals surface area (Å²) >= 11 is 0. The van der Waals surface area contributed by atoms with Crippen molar-refractivity contribution in [3.05, 3.63) is 35.4 Å². The molecule has 5 nitrogen and oxygen atoms in total. The topological polar surface area (TPSA) is 89.4 Å². The minimum atomic E-state index is -0.577. The highest BCUT2D eigenvalue weighted by molar-refractivity contribution is 5.87. The SMILES string of the molecule is CC(C)C(N)CC(=O)N1Cc2ccccc2C[C@H]1C(N)=O. The Kier molecular flexibility index (Phi) is 4.63. The number of hydrogen-bond donors (Lipinski definition) is 2. The van der Waals surface area contributed by atoms with Gasteiger partial charge in [-0.1, -0.05) is 38.1 Å². The summed E-state index contributed by atoms with van der Waals surface area (Å²) in [5.41, 5.74) is 13.6. The second kappa shape index (κ2) is 6.26. The molecule has 0 bridgehead atoms. The van der Waals surface area contributed by atoms with E-state index >= 15 is 0 Å². The molecule has 2 amide bonds. The zero-order valence-corrected chi connectivity index (χ0v) is 12.6. The van der Waals surface area contributed by atoms with Crippen molar-refractivity contribution in [3.63, 3.8) is 0 Å². The van der Waals surface area contributed by atoms with Crippen LogP contribution in [0.5, 0.6) is 0 Å². The average molecular weight is 289 g/mol. The van der Waals surface area contributed by atoms with E-state index in [9.17, 15) is 9.59 Å². The summed E-state index contributed by atoms with van der Waals surface area (Å²) in [7, 11) is 0. The average Bonchev–Trinajstić information content (AvgIpc) is 2.45. The zero-order chi connectivity index (χ0) is 15.6. The van der Waals surface area contributed by atoms with Crippen LogP contribution in [0.2, 0.25) is 0 Å². The lowest BCUT2D eigenvalue weighted by Crippen LogP contribution is -2.52. The second-order valence-electron chi connectivity index (χ2n) is 6.02. The Morgan fingerprint density at radius 3 is 2.48 bits per heavy atom. The molecule has 0 fully saturated rings. The van der Waals surface area contributed by atoms with E-state index < -0.39 is 11.9 Å². The number of primary amides is 1. The number of nitrogens with zero attached hydrogens (tertiary/aromatic N) is 1. The van der Waals surface area contributed by atoms with E-state index in [1.54, 1.807) is 4.90 Å². The third-order valence-corrected chi connectivity index (χ3v) is 4.16. The van der Waals surface area contributed by atoms with Crippen LogP contribution in [0.4, 0.5) is 0 Å². The number of amides is 2. The molecule has 21 heavy (non-hydrogen) atoms. The summed E-state index contributed by atoms with van der Waals surface area (Å²) in [6.07, 6.45) is 0.720. The summed E-state index contributed by atoms with van der Waals surface area (Å²) in [6.45, 7) is 4.39. The van der Waals surface area contributed by atoms with Crippen molar-refractivity contribution < 1.29 is 9.59 Å². The van der Waals surface area contributed by atoms with Crippen LogP contribution >= 0.6 is 0 Å². The Hall–Kier alpha value is -1.88. The highest BCUT2D eigenvalue weighted by Crippen LogP contribution is 2.24. The molecule has 0 saturated heterocycles. The van der Waals surface area contributed by atoms with Crippen LogP contribution < -0.4 is 11.5 Å². The molecule has 114 valence electrons. The number of carbonyl (C=O) groups is 2. The lowest BCUT2D eigenvalue weighted by molar-refractivity contribution is -0.141. The molecule has 1 heterocycles. The van der Waals surface area contributed by atoms with Crippen LogP contribution in [0.1, 0.15) is 31.4 Å². The minimum Gasteiger partial charge on any atom is -0.368 e. The van der Waals surface area contributed by atoms with E-state index in [0.29, 0.717) is 13.0 Å². The molecular formula is C16H23N3O2. The van der Waals surface area contributed by atoms with Gasteiger partial charge in [0, 0.05) is 25.4 Å². The van der Waals surface area contributed by atoms with Crippen LogP contribution in [0.3, 0.4) is 0 Å². The van der Waals surface area contributed by atoms with Gasteiger partial charge in [0.05, 0.1) is 0 Å². The number of carbonyl (C=O) groups excluding carboxylic acids is 2. The highest BCUT2D eigenvalue weighted by Gasteiger charge is 2.33. The molecule has 2 rings (SSSR count). The first kappa shape index (κ1) is 15.5. The van der Waals surface area contributed by atoms with Gasteiger partial charge in [-0.25, -0.2) is 0 Å². The summed E-state index contributed by atoms with van der Waals surface area (Å²) in [5.74, 6) is -0.344. The van der Waals surface area contributed by atoms with Gasteiger partial charge in [-0.05, 0) is 17.0 Å². The predicted molar refractivity (Wildman–Crippen MR) is 81.1 cm³/mol. The Labute approximate surface area is 125 Å². The molecule has 0 aliphatic carbocycles. The third-order valence-electron chi connectivity index (χ3n) is 4.16. The van der Waals surface area contributed by atoms with Crippen LogP contribution in [-0.2, 0) is 22.6 Å². The first-order chi connectivity index (χ1) is 9.90. The molecule has 1 aromatic carbocycles. The van der Waals surface area contributed by atoms with Crippen LogP contribution in [0.25, 0.3) is 0 Å². The molecule has 2 atom stereocenters. The highest BCUT2D eigenvalue weighted by atomic mass is 16.2. The van der Waals surface area contributed by atoms with Gasteiger partial charge in [0.15, 0.2) is 0 Å². The predicted octanol–water partition coefficient (Wildman–Crippen LogP) is 0.799. The zero-order valence-electron chi connectivity index (χ0n) is 12.6. The molecule has 0 aromatic heterocycles. The van der Waals surface area contributed by atoms with Crippen molar-refractivity contribution in [2.45, 2.75) is 45.3 Å². The molecule has 1 unspecified atom stereocenters. The molecule has 1 aliphatic heterocycles. The molecular weight excluding hydrogens is 266 g/mol. The number of hydrogen-bond acceptors (Lipinski definition) is 3. The molecule has 1 aliphatic rings. The summed E-state index contributed by atoms with van der Waals surface area (Å²) in [5, 5.41) is 0. The number of rotatable bonds is 4. The van der Waals surface area contributed by atoms with Crippen molar-refractivity contribution in [2.24, 2.45) is 17.4 Å². The minimum absolute atomic E-state index is 0.102. The monoisotopic (exact) mass is 289 g/mol. The molecule has 1 aromatic rings. The first-order valence-corrected chi connectivity index (χ1v) is 7.31. The molecule has 5 heteroatoms. The van der Waals surface area contributed by atoms with Gasteiger partial charge in [0.2, 0.25) is 11.8 Å². The Morgan fingerprint density at radius 1 is 1.29 bits per heavy atom. The molecule has 4 N–H and O–H groups in total. The Bertz CT molecular complexity index is 542. The number of benzene rings is 1. The van der Waals surface area contributed by atoms with Gasteiger partial charge in [-0.3, -0.25) is 9.59 Å². The third kappa shape index (κ3) is 3.42.